The Hall–Kier alpha value is -2.84. The summed E-state index contributed by atoms with van der Waals surface area (Å²) >= 11 is 5.93. The van der Waals surface area contributed by atoms with Crippen molar-refractivity contribution in [1.82, 2.24) is 14.9 Å². The Morgan fingerprint density at radius 2 is 1.89 bits per heavy atom. The molecule has 3 heterocycles. The van der Waals surface area contributed by atoms with Crippen LogP contribution in [0.25, 0.3) is 0 Å². The molecule has 0 aliphatic carbocycles. The Morgan fingerprint density at radius 1 is 1.11 bits per heavy atom. The maximum Gasteiger partial charge on any atom is 0.405 e. The number of hydrogen-bond acceptors (Lipinski definition) is 6. The van der Waals surface area contributed by atoms with Crippen LogP contribution in [0.15, 0.2) is 36.4 Å². The Morgan fingerprint density at radius 3 is 2.63 bits per heavy atom. The zero-order chi connectivity index (χ0) is 32.8. The van der Waals surface area contributed by atoms with Gasteiger partial charge in [-0.3, -0.25) is 4.79 Å². The number of nitrogens with one attached hydrogen (secondary N) is 3. The monoisotopic (exact) mass is 682 g/mol. The number of hydrogen-bond donors (Lipinski definition) is 4. The van der Waals surface area contributed by atoms with Crippen LogP contribution < -0.4 is 16.0 Å². The molecule has 0 radical (unpaired) electrons. The highest BCUT2D eigenvalue weighted by atomic mass is 35.5. The summed E-state index contributed by atoms with van der Waals surface area (Å²) in [6, 6.07) is 6.79. The van der Waals surface area contributed by atoms with Crippen LogP contribution in [-0.2, 0) is 26.0 Å². The van der Waals surface area contributed by atoms with E-state index in [-0.39, 0.29) is 40.5 Å². The van der Waals surface area contributed by atoms with Gasteiger partial charge in [0, 0.05) is 55.6 Å². The van der Waals surface area contributed by atoms with Crippen LogP contribution >= 0.6 is 11.6 Å². The van der Waals surface area contributed by atoms with Crippen molar-refractivity contribution in [2.75, 3.05) is 37.4 Å². The second-order valence-corrected chi connectivity index (χ2v) is 14.9. The molecule has 46 heavy (non-hydrogen) atoms. The van der Waals surface area contributed by atoms with Crippen molar-refractivity contribution in [3.63, 3.8) is 0 Å². The lowest BCUT2D eigenvalue weighted by molar-refractivity contribution is -0.118. The molecule has 2 amide bonds. The predicted molar refractivity (Wildman–Crippen MR) is 171 cm³/mol. The van der Waals surface area contributed by atoms with E-state index in [1.165, 1.54) is 34.6 Å². The van der Waals surface area contributed by atoms with E-state index in [9.17, 15) is 27.5 Å². The quantitative estimate of drug-likeness (QED) is 0.265. The van der Waals surface area contributed by atoms with Crippen LogP contribution in [0.4, 0.5) is 19.3 Å². The normalized spacial score (nSPS) is 24.4. The van der Waals surface area contributed by atoms with Gasteiger partial charge in [-0.1, -0.05) is 23.7 Å². The summed E-state index contributed by atoms with van der Waals surface area (Å²) in [4.78, 5) is 25.9. The van der Waals surface area contributed by atoms with E-state index in [4.69, 9.17) is 16.3 Å². The average molecular weight is 683 g/mol. The fourth-order valence-corrected chi connectivity index (χ4v) is 8.82. The minimum Gasteiger partial charge on any atom is -0.465 e. The van der Waals surface area contributed by atoms with E-state index in [0.717, 1.165) is 19.3 Å². The topological polar surface area (TPSA) is 137 Å². The Labute approximate surface area is 273 Å². The van der Waals surface area contributed by atoms with Crippen LogP contribution in [0, 0.1) is 17.6 Å². The van der Waals surface area contributed by atoms with Crippen molar-refractivity contribution < 1.29 is 36.6 Å². The minimum absolute atomic E-state index is 0.0772. The summed E-state index contributed by atoms with van der Waals surface area (Å²) in [5.74, 6) is -2.36. The number of fused-ring (bicyclic) bond motifs is 2. The van der Waals surface area contributed by atoms with Gasteiger partial charge in [-0.25, -0.2) is 22.0 Å². The van der Waals surface area contributed by atoms with Gasteiger partial charge in [0.05, 0.1) is 10.8 Å². The Kier molecular flexibility index (Phi) is 11.5. The van der Waals surface area contributed by atoms with E-state index >= 15 is 4.39 Å². The van der Waals surface area contributed by atoms with Crippen molar-refractivity contribution in [1.29, 1.82) is 0 Å². The van der Waals surface area contributed by atoms with Crippen molar-refractivity contribution in [3.05, 3.63) is 64.2 Å². The Bertz CT molecular complexity index is 1510. The highest BCUT2D eigenvalue weighted by Crippen LogP contribution is 2.33. The largest absolute Gasteiger partial charge is 0.465 e. The van der Waals surface area contributed by atoms with Crippen molar-refractivity contribution in [3.8, 4) is 0 Å². The molecule has 2 bridgehead atoms. The SMILES string of the molecule is O=C(O)N[C@H](C(=O)Nc1cccc(F)c1CCC1CNC2CCCS(=O)(=O)N1C2)[C@H](CCC1CCOCC1)c1ccc(Cl)c(F)c1. The summed E-state index contributed by atoms with van der Waals surface area (Å²) in [7, 11) is -3.44. The molecule has 3 fully saturated rings. The summed E-state index contributed by atoms with van der Waals surface area (Å²) < 4.78 is 62.8. The molecular formula is C32H41ClF2N4O6S. The third kappa shape index (κ3) is 8.54. The zero-order valence-corrected chi connectivity index (χ0v) is 27.1. The number of rotatable bonds is 11. The number of sulfonamides is 1. The fourth-order valence-electron chi connectivity index (χ4n) is 6.90. The summed E-state index contributed by atoms with van der Waals surface area (Å²) in [5.41, 5.74) is 0.757. The molecule has 3 unspecified atom stereocenters. The van der Waals surface area contributed by atoms with Crippen LogP contribution in [0.2, 0.25) is 5.02 Å². The fraction of sp³-hybridized carbons (Fsp3) is 0.562. The van der Waals surface area contributed by atoms with Gasteiger partial charge in [0.2, 0.25) is 15.9 Å². The van der Waals surface area contributed by atoms with E-state index in [0.29, 0.717) is 63.5 Å². The average Bonchev–Trinajstić information content (AvgIpc) is 3.14. The van der Waals surface area contributed by atoms with E-state index < -0.39 is 45.6 Å². The lowest BCUT2D eigenvalue weighted by Crippen LogP contribution is -2.57. The second kappa shape index (κ2) is 15.4. The number of anilines is 1. The van der Waals surface area contributed by atoms with Gasteiger partial charge < -0.3 is 25.8 Å². The van der Waals surface area contributed by atoms with Gasteiger partial charge >= 0.3 is 6.09 Å². The number of benzene rings is 2. The molecule has 0 saturated carbocycles. The molecule has 3 aliphatic rings. The molecule has 0 spiro atoms. The van der Waals surface area contributed by atoms with Crippen molar-refractivity contribution in [2.45, 2.75) is 75.4 Å². The zero-order valence-electron chi connectivity index (χ0n) is 25.5. The van der Waals surface area contributed by atoms with Crippen LogP contribution in [-0.4, -0.2) is 80.0 Å². The molecule has 5 rings (SSSR count). The highest BCUT2D eigenvalue weighted by Gasteiger charge is 2.38. The minimum atomic E-state index is -3.44. The molecular weight excluding hydrogens is 642 g/mol. The molecule has 10 nitrogen and oxygen atoms in total. The first-order valence-corrected chi connectivity index (χ1v) is 17.8. The number of carbonyl (C=O) groups excluding carboxylic acids is 1. The summed E-state index contributed by atoms with van der Waals surface area (Å²) in [5, 5.41) is 18.1. The van der Waals surface area contributed by atoms with Gasteiger partial charge in [0.1, 0.15) is 17.7 Å². The predicted octanol–water partition coefficient (Wildman–Crippen LogP) is 4.88. The number of carboxylic acid groups (broad SMARTS) is 1. The standard InChI is InChI=1S/C32H41ClF2N4O6S/c33-26-11-7-21(17-28(26)35)24(9-6-20-12-14-45-15-13-20)30(38-32(41)42)31(40)37-29-5-1-4-27(34)25(29)10-8-23-18-36-22-3-2-16-46(43,44)39(23)19-22/h1,4-5,7,11,17,20,22-24,30,36,38H,2-3,6,8-10,12-16,18-19H2,(H,37,40)(H,41,42)/t22?,23?,24-,30+/m1/s1. The number of nitrogens with zero attached hydrogens (tertiary/aromatic N) is 1. The first kappa shape index (κ1) is 34.5. The number of halogens is 3. The summed E-state index contributed by atoms with van der Waals surface area (Å²) in [6.07, 6.45) is 3.06. The number of carbonyl (C=O) groups is 2. The molecule has 3 saturated heterocycles. The van der Waals surface area contributed by atoms with E-state index in [2.05, 4.69) is 16.0 Å². The van der Waals surface area contributed by atoms with Gasteiger partial charge in [-0.2, -0.15) is 4.31 Å². The molecule has 14 heteroatoms. The smallest absolute Gasteiger partial charge is 0.405 e. The molecule has 2 aromatic rings. The molecule has 4 N–H and O–H groups in total. The van der Waals surface area contributed by atoms with Crippen LogP contribution in [0.5, 0.6) is 0 Å². The van der Waals surface area contributed by atoms with Gasteiger partial charge in [-0.05, 0) is 87.1 Å². The lowest BCUT2D eigenvalue weighted by Gasteiger charge is -2.37. The second-order valence-electron chi connectivity index (χ2n) is 12.4. The maximum absolute atomic E-state index is 15.3. The van der Waals surface area contributed by atoms with Crippen LogP contribution in [0.3, 0.4) is 0 Å². The van der Waals surface area contributed by atoms with Crippen molar-refractivity contribution in [2.24, 2.45) is 5.92 Å². The lowest BCUT2D eigenvalue weighted by atomic mass is 9.82. The first-order chi connectivity index (χ1) is 22.0. The molecule has 5 atom stereocenters. The number of piperazine rings is 1. The number of amides is 2. The van der Waals surface area contributed by atoms with E-state index in [1.807, 2.05) is 0 Å². The molecule has 0 aromatic heterocycles. The Balaban J connectivity index is 1.37. The van der Waals surface area contributed by atoms with Gasteiger partial charge in [0.15, 0.2) is 0 Å². The van der Waals surface area contributed by atoms with Gasteiger partial charge in [-0.15, -0.1) is 0 Å². The highest BCUT2D eigenvalue weighted by molar-refractivity contribution is 7.89. The third-order valence-corrected chi connectivity index (χ3v) is 11.7. The maximum atomic E-state index is 15.3. The first-order valence-electron chi connectivity index (χ1n) is 15.8. The van der Waals surface area contributed by atoms with Gasteiger partial charge in [0.25, 0.3) is 0 Å². The molecule has 2 aromatic carbocycles. The summed E-state index contributed by atoms with van der Waals surface area (Å²) in [6.45, 7) is 2.05. The van der Waals surface area contributed by atoms with Crippen molar-refractivity contribution >= 4 is 39.3 Å². The van der Waals surface area contributed by atoms with Crippen LogP contribution in [0.1, 0.15) is 62.0 Å². The number of ether oxygens (including phenoxy) is 1. The van der Waals surface area contributed by atoms with E-state index in [1.54, 1.807) is 6.07 Å². The molecule has 3 aliphatic heterocycles. The molecule has 252 valence electrons. The third-order valence-electron chi connectivity index (χ3n) is 9.43.